The zero-order valence-corrected chi connectivity index (χ0v) is 65.3. The summed E-state index contributed by atoms with van der Waals surface area (Å²) in [7, 11) is 0. The second kappa shape index (κ2) is 29.3. The molecule has 0 radical (unpaired) electrons. The van der Waals surface area contributed by atoms with Gasteiger partial charge in [0.15, 0.2) is 0 Å². The molecule has 6 aliphatic heterocycles. The third kappa shape index (κ3) is 11.8. The number of nitrogens with zero attached hydrogens (tertiary/aromatic N) is 8. The molecule has 120 heavy (non-hydrogen) atoms. The molecular formula is C109H71B3N8. The minimum Gasteiger partial charge on any atom is -0.376 e. The molecule has 5 aromatic heterocycles. The standard InChI is InChI=1S/C39H25BN4.2C35H23BN2/c1-4-14-32-28(11-1)30-13-3-6-18-38(30)44-39-20-19-26(23-31(39)29-12-2-5-15-33(29)40(32)44)27-24-36(34-16-7-9-21-41-34)43-37(25-27)35-17-8-10-22-42-35;1-2-10-24(11-3-1)33-20-18-26(23-37-33)25-19-21-35-30(22-25)28-13-5-8-16-32(28)36-31-15-7-4-12-27(31)29-14-6-9-17-34(29)38(35)36;1-2-10-24(11-3-1)26-20-27(23-37-22-26)25-18-19-35-31(21-25)29-13-5-8-16-33(29)36-32-15-7-4-12-28(32)30-14-6-9-17-34(30)38(35)36/h1-25H;2*1-23H. The summed E-state index contributed by atoms with van der Waals surface area (Å²) < 4.78 is 0. The number of para-hydroxylation sites is 3. The van der Waals surface area contributed by atoms with Crippen molar-refractivity contribution in [1.29, 1.82) is 0 Å². The Bertz CT molecular complexity index is 7170. The molecule has 0 bridgehead atoms. The van der Waals surface area contributed by atoms with Gasteiger partial charge in [-0.3, -0.25) is 19.9 Å². The lowest BCUT2D eigenvalue weighted by Crippen LogP contribution is -2.59. The predicted octanol–water partition coefficient (Wildman–Crippen LogP) is 22.4. The van der Waals surface area contributed by atoms with E-state index in [-0.39, 0.29) is 20.5 Å². The van der Waals surface area contributed by atoms with E-state index < -0.39 is 0 Å². The van der Waals surface area contributed by atoms with Gasteiger partial charge in [0.25, 0.3) is 0 Å². The predicted molar refractivity (Wildman–Crippen MR) is 500 cm³/mol. The minimum absolute atomic E-state index is 0.100. The van der Waals surface area contributed by atoms with Crippen molar-refractivity contribution in [3.05, 3.63) is 431 Å². The topological polar surface area (TPSA) is 74.2 Å². The fraction of sp³-hybridized carbons (Fsp3) is 0. The maximum Gasteiger partial charge on any atom is 0.329 e. The van der Waals surface area contributed by atoms with Gasteiger partial charge in [0.2, 0.25) is 0 Å². The van der Waals surface area contributed by atoms with E-state index in [1.54, 1.807) is 0 Å². The quantitative estimate of drug-likeness (QED) is 0.146. The van der Waals surface area contributed by atoms with Crippen molar-refractivity contribution in [3.63, 3.8) is 0 Å². The smallest absolute Gasteiger partial charge is 0.329 e. The first-order valence-corrected chi connectivity index (χ1v) is 41.1. The summed E-state index contributed by atoms with van der Waals surface area (Å²) in [6, 6.07) is 144. The Morgan fingerprint density at radius 1 is 0.167 bits per heavy atom. The summed E-state index contributed by atoms with van der Waals surface area (Å²) in [5, 5.41) is 0. The average Bonchev–Trinajstić information content (AvgIpc) is 0.717. The molecule has 0 atom stereocenters. The maximum absolute atomic E-state index is 4.99. The van der Waals surface area contributed by atoms with Crippen LogP contribution in [0.15, 0.2) is 431 Å². The molecule has 0 saturated heterocycles. The zero-order chi connectivity index (χ0) is 79.1. The molecule has 11 heteroatoms. The van der Waals surface area contributed by atoms with Crippen LogP contribution in [-0.4, -0.2) is 45.5 Å². The second-order valence-corrected chi connectivity index (χ2v) is 31.3. The monoisotopic (exact) mass is 1520 g/mol. The highest BCUT2D eigenvalue weighted by atomic mass is 15.1. The van der Waals surface area contributed by atoms with Crippen molar-refractivity contribution in [3.8, 4) is 145 Å². The van der Waals surface area contributed by atoms with Gasteiger partial charge in [0, 0.05) is 121 Å². The van der Waals surface area contributed by atoms with Crippen LogP contribution in [0, 0.1) is 0 Å². The van der Waals surface area contributed by atoms with Crippen LogP contribution in [0.3, 0.4) is 0 Å². The lowest BCUT2D eigenvalue weighted by molar-refractivity contribution is 1.22. The van der Waals surface area contributed by atoms with E-state index in [1.165, 1.54) is 150 Å². The molecule has 0 saturated carbocycles. The number of aromatic nitrogens is 5. The molecule has 0 N–H and O–H groups in total. The van der Waals surface area contributed by atoms with Gasteiger partial charge in [-0.2, -0.15) is 0 Å². The number of benzene rings is 14. The van der Waals surface area contributed by atoms with Crippen LogP contribution in [-0.2, 0) is 0 Å². The first-order chi connectivity index (χ1) is 59.6. The van der Waals surface area contributed by atoms with E-state index >= 15 is 0 Å². The largest absolute Gasteiger partial charge is 0.376 e. The Hall–Kier alpha value is -15.6. The SMILES string of the molecule is c1ccc(-c2cc(-c3ccc4c(c3)-c3ccccc3B3c5ccccc5-c5ccccc5N34)cc(-c3ccccn3)n2)nc1.c1ccc(-c2ccc(-c3ccc4c(c3)-c3ccccc3B3c5ccccc5-c5ccccc5N34)cn2)cc1.c1ccc(-c2cncc(-c3ccc4c(c3)-c3ccccc3B3c5ccccc5-c5ccccc5N34)c2)cc1. The van der Waals surface area contributed by atoms with Crippen LogP contribution >= 0.6 is 0 Å². The van der Waals surface area contributed by atoms with Crippen molar-refractivity contribution in [2.24, 2.45) is 0 Å². The third-order valence-corrected chi connectivity index (χ3v) is 24.7. The molecule has 6 aliphatic rings. The van der Waals surface area contributed by atoms with Gasteiger partial charge < -0.3 is 14.4 Å². The summed E-state index contributed by atoms with van der Waals surface area (Å²) in [5.74, 6) is 0. The van der Waals surface area contributed by atoms with Crippen LogP contribution in [0.5, 0.6) is 0 Å². The fourth-order valence-corrected chi connectivity index (χ4v) is 19.3. The lowest BCUT2D eigenvalue weighted by atomic mass is 9.43. The molecule has 0 spiro atoms. The average molecular weight is 1530 g/mol. The molecule has 0 aliphatic carbocycles. The van der Waals surface area contributed by atoms with E-state index in [2.05, 4.69) is 381 Å². The van der Waals surface area contributed by atoms with Gasteiger partial charge in [0.05, 0.1) is 28.5 Å². The second-order valence-electron chi connectivity index (χ2n) is 31.3. The number of hydrogen-bond acceptors (Lipinski definition) is 8. The fourth-order valence-electron chi connectivity index (χ4n) is 19.3. The Balaban J connectivity index is 0.000000105. The van der Waals surface area contributed by atoms with Crippen molar-refractivity contribution in [2.45, 2.75) is 0 Å². The molecular weight excluding hydrogens is 1450 g/mol. The summed E-state index contributed by atoms with van der Waals surface area (Å²) in [6.07, 6.45) is 9.53. The van der Waals surface area contributed by atoms with Crippen molar-refractivity contribution >= 4 is 87.4 Å². The molecule has 8 nitrogen and oxygen atoms in total. The molecule has 19 aromatic rings. The summed E-state index contributed by atoms with van der Waals surface area (Å²) in [6.45, 7) is 0.379. The number of fused-ring (bicyclic) bond motifs is 33. The molecule has 0 fully saturated rings. The van der Waals surface area contributed by atoms with Gasteiger partial charge >= 0.3 is 20.5 Å². The number of anilines is 6. The highest BCUT2D eigenvalue weighted by molar-refractivity contribution is 6.94. The zero-order valence-electron chi connectivity index (χ0n) is 65.3. The normalized spacial score (nSPS) is 12.6. The van der Waals surface area contributed by atoms with Gasteiger partial charge in [-0.05, 0) is 197 Å². The van der Waals surface area contributed by atoms with Crippen LogP contribution in [0.25, 0.3) is 145 Å². The van der Waals surface area contributed by atoms with Crippen molar-refractivity contribution in [2.75, 3.05) is 14.4 Å². The Labute approximate surface area is 698 Å². The van der Waals surface area contributed by atoms with E-state index in [0.29, 0.717) is 0 Å². The Morgan fingerprint density at radius 2 is 0.475 bits per heavy atom. The third-order valence-electron chi connectivity index (χ3n) is 24.7. The van der Waals surface area contributed by atoms with Crippen LogP contribution in [0.1, 0.15) is 0 Å². The van der Waals surface area contributed by atoms with Crippen molar-refractivity contribution in [1.82, 2.24) is 24.9 Å². The summed E-state index contributed by atoms with van der Waals surface area (Å²) in [4.78, 5) is 31.2. The number of pyridine rings is 5. The van der Waals surface area contributed by atoms with E-state index in [9.17, 15) is 0 Å². The van der Waals surface area contributed by atoms with Gasteiger partial charge in [-0.15, -0.1) is 0 Å². The number of hydrogen-bond donors (Lipinski definition) is 0. The molecule has 25 rings (SSSR count). The Kier molecular flexibility index (Phi) is 17.1. The highest BCUT2D eigenvalue weighted by Gasteiger charge is 2.46. The highest BCUT2D eigenvalue weighted by Crippen LogP contribution is 2.51. The molecule has 11 heterocycles. The maximum atomic E-state index is 4.99. The molecule has 556 valence electrons. The van der Waals surface area contributed by atoms with E-state index in [4.69, 9.17) is 9.97 Å². The molecule has 0 amide bonds. The van der Waals surface area contributed by atoms with Crippen molar-refractivity contribution < 1.29 is 0 Å². The van der Waals surface area contributed by atoms with Gasteiger partial charge in [-0.25, -0.2) is 4.98 Å². The number of rotatable bonds is 7. The minimum atomic E-state index is 0.100. The van der Waals surface area contributed by atoms with Crippen LogP contribution in [0.2, 0.25) is 0 Å². The lowest BCUT2D eigenvalue weighted by Gasteiger charge is -2.43. The molecule has 0 unspecified atom stereocenters. The Morgan fingerprint density at radius 3 is 0.850 bits per heavy atom. The van der Waals surface area contributed by atoms with Crippen LogP contribution in [0.4, 0.5) is 34.1 Å². The first-order valence-electron chi connectivity index (χ1n) is 41.1. The first kappa shape index (κ1) is 69.9. The molecule has 14 aromatic carbocycles. The summed E-state index contributed by atoms with van der Waals surface area (Å²) >= 11 is 0. The summed E-state index contributed by atoms with van der Waals surface area (Å²) in [5.41, 5.74) is 45.4. The van der Waals surface area contributed by atoms with Crippen LogP contribution < -0.4 is 47.2 Å². The van der Waals surface area contributed by atoms with E-state index in [0.717, 1.165) is 61.9 Å². The van der Waals surface area contributed by atoms with Gasteiger partial charge in [-0.1, -0.05) is 297 Å². The van der Waals surface area contributed by atoms with Gasteiger partial charge in [0.1, 0.15) is 0 Å². The van der Waals surface area contributed by atoms with E-state index in [1.807, 2.05) is 79.5 Å².